The zero-order chi connectivity index (χ0) is 12.3. The molecule has 5 heteroatoms. The second kappa shape index (κ2) is 8.58. The average Bonchev–Trinajstić information content (AvgIpc) is 2.42. The van der Waals surface area contributed by atoms with Crippen LogP contribution < -0.4 is 0 Å². The Bertz CT molecular complexity index is 356. The van der Waals surface area contributed by atoms with Crippen LogP contribution in [0.15, 0.2) is 60.7 Å². The third kappa shape index (κ3) is 5.36. The van der Waals surface area contributed by atoms with Crippen molar-refractivity contribution in [3.05, 3.63) is 60.7 Å². The summed E-state index contributed by atoms with van der Waals surface area (Å²) in [7, 11) is -0.812. The van der Waals surface area contributed by atoms with Crippen LogP contribution >= 0.6 is 0 Å². The van der Waals surface area contributed by atoms with E-state index < -0.39 is 15.4 Å². The molecule has 0 saturated carbocycles. The van der Waals surface area contributed by atoms with E-state index in [0.717, 1.165) is 0 Å². The summed E-state index contributed by atoms with van der Waals surface area (Å²) in [6.07, 6.45) is 0. The molecule has 0 aromatic heterocycles. The quantitative estimate of drug-likeness (QED) is 0.766. The van der Waals surface area contributed by atoms with Crippen LogP contribution in [0.5, 0.6) is 0 Å². The zero-order valence-electron chi connectivity index (χ0n) is 9.49. The second-order valence-corrected chi connectivity index (χ2v) is 3.19. The molecule has 0 radical (unpaired) electrons. The molecule has 0 heterocycles. The van der Waals surface area contributed by atoms with E-state index in [1.165, 1.54) is 11.1 Å². The van der Waals surface area contributed by atoms with Gasteiger partial charge in [0.25, 0.3) is 0 Å². The first kappa shape index (κ1) is 13.5. The molecule has 0 aliphatic carbocycles. The standard InChI is InChI=1S/C12H10.B2H4O3/c1-3-7-11(8-4-1)12-9-5-2-6-10-12;3-1-5-2-4/h1-10H;1-4H. The highest BCUT2D eigenvalue weighted by molar-refractivity contribution is 6.32. The van der Waals surface area contributed by atoms with E-state index in [2.05, 4.69) is 53.1 Å². The molecule has 86 valence electrons. The van der Waals surface area contributed by atoms with Gasteiger partial charge < -0.3 is 14.6 Å². The third-order valence-corrected chi connectivity index (χ3v) is 2.06. The Morgan fingerprint density at radius 2 is 1.00 bits per heavy atom. The summed E-state index contributed by atoms with van der Waals surface area (Å²) in [4.78, 5) is 0. The van der Waals surface area contributed by atoms with E-state index in [1.54, 1.807) is 0 Å². The second-order valence-electron chi connectivity index (χ2n) is 3.19. The van der Waals surface area contributed by atoms with Gasteiger partial charge in [-0.3, -0.25) is 0 Å². The van der Waals surface area contributed by atoms with Gasteiger partial charge >= 0.3 is 15.4 Å². The predicted molar refractivity (Wildman–Crippen MR) is 71.7 cm³/mol. The Morgan fingerprint density at radius 3 is 1.24 bits per heavy atom. The lowest BCUT2D eigenvalue weighted by molar-refractivity contribution is 0.408. The van der Waals surface area contributed by atoms with Crippen LogP contribution in [0.4, 0.5) is 0 Å². The molecule has 2 aromatic rings. The maximum atomic E-state index is 7.68. The first-order valence-electron chi connectivity index (χ1n) is 5.28. The highest BCUT2D eigenvalue weighted by Crippen LogP contribution is 2.17. The number of hydrogen-bond acceptors (Lipinski definition) is 3. The van der Waals surface area contributed by atoms with Crippen molar-refractivity contribution >= 4 is 15.4 Å². The minimum atomic E-state index is -0.406. The Morgan fingerprint density at radius 1 is 0.647 bits per heavy atom. The van der Waals surface area contributed by atoms with Crippen molar-refractivity contribution in [3.8, 4) is 11.1 Å². The van der Waals surface area contributed by atoms with Crippen molar-refractivity contribution in [2.24, 2.45) is 0 Å². The van der Waals surface area contributed by atoms with E-state index in [4.69, 9.17) is 10.0 Å². The minimum Gasteiger partial charge on any atom is -0.457 e. The molecule has 0 unspecified atom stereocenters. The van der Waals surface area contributed by atoms with Crippen molar-refractivity contribution in [2.75, 3.05) is 0 Å². The average molecular weight is 228 g/mol. The van der Waals surface area contributed by atoms with Gasteiger partial charge in [-0.05, 0) is 11.1 Å². The smallest absolute Gasteiger partial charge is 0.421 e. The fourth-order valence-corrected chi connectivity index (χ4v) is 1.30. The molecule has 17 heavy (non-hydrogen) atoms. The Kier molecular flexibility index (Phi) is 6.82. The molecule has 2 rings (SSSR count). The Labute approximate surface area is 102 Å². The van der Waals surface area contributed by atoms with Crippen molar-refractivity contribution in [3.63, 3.8) is 0 Å². The molecular weight excluding hydrogens is 214 g/mol. The first-order valence-corrected chi connectivity index (χ1v) is 5.28. The van der Waals surface area contributed by atoms with E-state index >= 15 is 0 Å². The minimum absolute atomic E-state index is 0.406. The molecule has 0 atom stereocenters. The Balaban J connectivity index is 0.000000249. The summed E-state index contributed by atoms with van der Waals surface area (Å²) in [6.45, 7) is 0. The van der Waals surface area contributed by atoms with Crippen LogP contribution in [-0.2, 0) is 4.57 Å². The van der Waals surface area contributed by atoms with E-state index in [-0.39, 0.29) is 0 Å². The molecule has 0 amide bonds. The van der Waals surface area contributed by atoms with E-state index in [0.29, 0.717) is 0 Å². The largest absolute Gasteiger partial charge is 0.457 e. The number of rotatable bonds is 3. The van der Waals surface area contributed by atoms with Gasteiger partial charge in [-0.15, -0.1) is 0 Å². The fourth-order valence-electron chi connectivity index (χ4n) is 1.30. The van der Waals surface area contributed by atoms with Crippen LogP contribution in [0.3, 0.4) is 0 Å². The van der Waals surface area contributed by atoms with E-state index in [1.807, 2.05) is 12.1 Å². The van der Waals surface area contributed by atoms with E-state index in [9.17, 15) is 0 Å². The van der Waals surface area contributed by atoms with Crippen molar-refractivity contribution in [1.29, 1.82) is 0 Å². The van der Waals surface area contributed by atoms with Crippen molar-refractivity contribution in [2.45, 2.75) is 0 Å². The van der Waals surface area contributed by atoms with Crippen LogP contribution in [0.2, 0.25) is 0 Å². The van der Waals surface area contributed by atoms with Crippen molar-refractivity contribution in [1.82, 2.24) is 0 Å². The highest BCUT2D eigenvalue weighted by atomic mass is 16.5. The van der Waals surface area contributed by atoms with Gasteiger partial charge in [0.15, 0.2) is 0 Å². The molecule has 3 nitrogen and oxygen atoms in total. The molecule has 0 spiro atoms. The monoisotopic (exact) mass is 228 g/mol. The Hall–Kier alpha value is -1.55. The first-order chi connectivity index (χ1) is 8.38. The predicted octanol–water partition coefficient (Wildman–Crippen LogP) is 0.874. The van der Waals surface area contributed by atoms with Gasteiger partial charge in [-0.2, -0.15) is 0 Å². The molecule has 2 aromatic carbocycles. The van der Waals surface area contributed by atoms with Gasteiger partial charge in [0.1, 0.15) is 0 Å². The summed E-state index contributed by atoms with van der Waals surface area (Å²) in [6, 6.07) is 20.8. The number of hydrogen-bond donors (Lipinski definition) is 2. The molecule has 2 N–H and O–H groups in total. The summed E-state index contributed by atoms with van der Waals surface area (Å²) < 4.78 is 3.94. The van der Waals surface area contributed by atoms with Gasteiger partial charge in [-0.1, -0.05) is 60.7 Å². The van der Waals surface area contributed by atoms with Gasteiger partial charge in [0, 0.05) is 0 Å². The molecule has 0 fully saturated rings. The van der Waals surface area contributed by atoms with Gasteiger partial charge in [0.2, 0.25) is 0 Å². The summed E-state index contributed by atoms with van der Waals surface area (Å²) in [5, 5.41) is 15.4. The molecule has 0 aliphatic heterocycles. The van der Waals surface area contributed by atoms with Crippen LogP contribution in [-0.4, -0.2) is 25.4 Å². The van der Waals surface area contributed by atoms with Crippen molar-refractivity contribution < 1.29 is 14.6 Å². The molecular formula is C12H14B2O3. The van der Waals surface area contributed by atoms with Gasteiger partial charge in [0.05, 0.1) is 0 Å². The summed E-state index contributed by atoms with van der Waals surface area (Å²) >= 11 is 0. The SMILES string of the molecule is OBOBO.c1ccc(-c2ccccc2)cc1. The maximum absolute atomic E-state index is 7.68. The topological polar surface area (TPSA) is 49.7 Å². The maximum Gasteiger partial charge on any atom is 0.421 e. The van der Waals surface area contributed by atoms with Crippen LogP contribution in [0.1, 0.15) is 0 Å². The normalized spacial score (nSPS) is 8.82. The van der Waals surface area contributed by atoms with Crippen LogP contribution in [0.25, 0.3) is 11.1 Å². The lowest BCUT2D eigenvalue weighted by Gasteiger charge is -1.98. The summed E-state index contributed by atoms with van der Waals surface area (Å²) in [5.41, 5.74) is 2.55. The molecule has 0 aliphatic rings. The highest BCUT2D eigenvalue weighted by Gasteiger charge is 1.91. The lowest BCUT2D eigenvalue weighted by Crippen LogP contribution is -2.00. The third-order valence-electron chi connectivity index (χ3n) is 2.06. The van der Waals surface area contributed by atoms with Gasteiger partial charge in [-0.25, -0.2) is 0 Å². The zero-order valence-corrected chi connectivity index (χ0v) is 9.49. The summed E-state index contributed by atoms with van der Waals surface area (Å²) in [5.74, 6) is 0. The molecule has 0 saturated heterocycles. The fraction of sp³-hybridized carbons (Fsp3) is 0. The number of benzene rings is 2. The van der Waals surface area contributed by atoms with Crippen LogP contribution in [0, 0.1) is 0 Å². The molecule has 0 bridgehead atoms. The lowest BCUT2D eigenvalue weighted by atomic mass is 10.1.